The highest BCUT2D eigenvalue weighted by atomic mass is 19.1. The van der Waals surface area contributed by atoms with Gasteiger partial charge in [0.25, 0.3) is 0 Å². The summed E-state index contributed by atoms with van der Waals surface area (Å²) in [6.45, 7) is 4.80. The van der Waals surface area contributed by atoms with Crippen LogP contribution in [-0.4, -0.2) is 13.7 Å². The molecule has 0 heterocycles. The van der Waals surface area contributed by atoms with E-state index in [4.69, 9.17) is 10.5 Å². The molecule has 2 rings (SSSR count). The van der Waals surface area contributed by atoms with Gasteiger partial charge in [0.05, 0.1) is 7.11 Å². The number of ether oxygens (including phenoxy) is 1. The Kier molecular flexibility index (Phi) is 5.56. The Hall–Kier alpha value is -1.87. The molecule has 2 nitrogen and oxygen atoms in total. The molecule has 22 heavy (non-hydrogen) atoms. The fourth-order valence-electron chi connectivity index (χ4n) is 2.67. The lowest BCUT2D eigenvalue weighted by atomic mass is 9.90. The van der Waals surface area contributed by atoms with Gasteiger partial charge in [0.1, 0.15) is 11.6 Å². The Morgan fingerprint density at radius 3 is 2.32 bits per heavy atom. The second-order valence-corrected chi connectivity index (χ2v) is 5.92. The van der Waals surface area contributed by atoms with Gasteiger partial charge in [-0.05, 0) is 48.2 Å². The maximum Gasteiger partial charge on any atom is 0.123 e. The average Bonchev–Trinajstić information content (AvgIpc) is 2.53. The lowest BCUT2D eigenvalue weighted by molar-refractivity contribution is 0.403. The molecular weight excluding hydrogens is 277 g/mol. The number of nitrogens with two attached hydrogens (primary N) is 1. The van der Waals surface area contributed by atoms with Crippen molar-refractivity contribution in [2.24, 2.45) is 5.73 Å². The van der Waals surface area contributed by atoms with E-state index in [1.807, 2.05) is 0 Å². The van der Waals surface area contributed by atoms with E-state index in [2.05, 4.69) is 38.1 Å². The minimum absolute atomic E-state index is 0.0375. The number of rotatable bonds is 6. The molecule has 2 N–H and O–H groups in total. The van der Waals surface area contributed by atoms with Gasteiger partial charge in [-0.25, -0.2) is 4.39 Å². The lowest BCUT2D eigenvalue weighted by Gasteiger charge is -2.19. The van der Waals surface area contributed by atoms with Crippen LogP contribution < -0.4 is 10.5 Å². The van der Waals surface area contributed by atoms with Crippen molar-refractivity contribution in [1.82, 2.24) is 0 Å². The van der Waals surface area contributed by atoms with Gasteiger partial charge < -0.3 is 10.5 Å². The minimum Gasteiger partial charge on any atom is -0.496 e. The molecular formula is C19H24FNO. The van der Waals surface area contributed by atoms with Gasteiger partial charge in [-0.3, -0.25) is 0 Å². The molecule has 0 bridgehead atoms. The van der Waals surface area contributed by atoms with Crippen LogP contribution in [0.3, 0.4) is 0 Å². The van der Waals surface area contributed by atoms with E-state index in [-0.39, 0.29) is 11.7 Å². The van der Waals surface area contributed by atoms with Crippen LogP contribution >= 0.6 is 0 Å². The molecule has 0 aliphatic rings. The summed E-state index contributed by atoms with van der Waals surface area (Å²) >= 11 is 0. The summed E-state index contributed by atoms with van der Waals surface area (Å²) in [5, 5.41) is 0. The fraction of sp³-hybridized carbons (Fsp3) is 0.368. The van der Waals surface area contributed by atoms with Crippen molar-refractivity contribution in [2.75, 3.05) is 13.7 Å². The molecule has 0 fully saturated rings. The summed E-state index contributed by atoms with van der Waals surface area (Å²) in [6.07, 6.45) is 0.773. The molecule has 1 atom stereocenters. The van der Waals surface area contributed by atoms with Crippen LogP contribution in [0.4, 0.5) is 4.39 Å². The summed E-state index contributed by atoms with van der Waals surface area (Å²) in [4.78, 5) is 0. The third kappa shape index (κ3) is 3.86. The molecule has 0 saturated carbocycles. The highest BCUT2D eigenvalue weighted by Crippen LogP contribution is 2.30. The first-order valence-corrected chi connectivity index (χ1v) is 7.67. The predicted molar refractivity (Wildman–Crippen MR) is 89.0 cm³/mol. The van der Waals surface area contributed by atoms with Crippen LogP contribution in [0, 0.1) is 5.82 Å². The van der Waals surface area contributed by atoms with E-state index in [9.17, 15) is 4.39 Å². The van der Waals surface area contributed by atoms with Gasteiger partial charge in [-0.15, -0.1) is 0 Å². The molecule has 3 heteroatoms. The molecule has 1 unspecified atom stereocenters. The van der Waals surface area contributed by atoms with Crippen LogP contribution in [0.15, 0.2) is 42.5 Å². The largest absolute Gasteiger partial charge is 0.496 e. The van der Waals surface area contributed by atoms with E-state index in [1.165, 1.54) is 23.3 Å². The maximum absolute atomic E-state index is 13.6. The topological polar surface area (TPSA) is 35.2 Å². The van der Waals surface area contributed by atoms with Crippen molar-refractivity contribution in [3.05, 3.63) is 65.0 Å². The van der Waals surface area contributed by atoms with Crippen molar-refractivity contribution < 1.29 is 9.13 Å². The minimum atomic E-state index is -0.260. The normalized spacial score (nSPS) is 12.5. The van der Waals surface area contributed by atoms with E-state index >= 15 is 0 Å². The van der Waals surface area contributed by atoms with Crippen molar-refractivity contribution in [1.29, 1.82) is 0 Å². The maximum atomic E-state index is 13.6. The zero-order chi connectivity index (χ0) is 16.1. The van der Waals surface area contributed by atoms with Gasteiger partial charge >= 0.3 is 0 Å². The van der Waals surface area contributed by atoms with Crippen LogP contribution in [0.2, 0.25) is 0 Å². The Balaban J connectivity index is 2.23. The Labute approximate surface area is 132 Å². The highest BCUT2D eigenvalue weighted by molar-refractivity contribution is 5.38. The second kappa shape index (κ2) is 7.41. The molecule has 0 amide bonds. The molecule has 2 aromatic rings. The first-order valence-electron chi connectivity index (χ1n) is 7.67. The zero-order valence-electron chi connectivity index (χ0n) is 13.5. The fourth-order valence-corrected chi connectivity index (χ4v) is 2.67. The molecule has 0 aliphatic carbocycles. The number of methoxy groups -OCH3 is 1. The van der Waals surface area contributed by atoms with Gasteiger partial charge in [-0.1, -0.05) is 38.1 Å². The summed E-state index contributed by atoms with van der Waals surface area (Å²) in [5.41, 5.74) is 9.27. The smallest absolute Gasteiger partial charge is 0.123 e. The van der Waals surface area contributed by atoms with Crippen molar-refractivity contribution in [3.63, 3.8) is 0 Å². The van der Waals surface area contributed by atoms with Gasteiger partial charge in [0.15, 0.2) is 0 Å². The van der Waals surface area contributed by atoms with Gasteiger partial charge in [0.2, 0.25) is 0 Å². The third-order valence-corrected chi connectivity index (χ3v) is 4.04. The molecule has 2 aromatic carbocycles. The molecule has 118 valence electrons. The SMILES string of the molecule is COc1ccc(F)cc1C(CN)Cc1ccc(C(C)C)cc1. The van der Waals surface area contributed by atoms with Crippen molar-refractivity contribution in [2.45, 2.75) is 32.1 Å². The highest BCUT2D eigenvalue weighted by Gasteiger charge is 2.16. The monoisotopic (exact) mass is 301 g/mol. The summed E-state index contributed by atoms with van der Waals surface area (Å²) in [5.74, 6) is 0.985. The number of benzene rings is 2. The molecule has 0 spiro atoms. The molecule has 0 radical (unpaired) electrons. The van der Waals surface area contributed by atoms with Crippen LogP contribution in [0.25, 0.3) is 0 Å². The summed E-state index contributed by atoms with van der Waals surface area (Å²) in [6, 6.07) is 13.2. The summed E-state index contributed by atoms with van der Waals surface area (Å²) in [7, 11) is 1.60. The van der Waals surface area contributed by atoms with Crippen molar-refractivity contribution in [3.8, 4) is 5.75 Å². The van der Waals surface area contributed by atoms with E-state index < -0.39 is 0 Å². The van der Waals surface area contributed by atoms with Crippen LogP contribution in [0.1, 0.15) is 42.4 Å². The van der Waals surface area contributed by atoms with Gasteiger partial charge in [-0.2, -0.15) is 0 Å². The molecule has 0 saturated heterocycles. The standard InChI is InChI=1S/C19H24FNO/c1-13(2)15-6-4-14(5-7-15)10-16(12-21)18-11-17(20)8-9-19(18)22-3/h4-9,11,13,16H,10,12,21H2,1-3H3. The first kappa shape index (κ1) is 16.5. The quantitative estimate of drug-likeness (QED) is 0.866. The van der Waals surface area contributed by atoms with Gasteiger partial charge in [0, 0.05) is 11.5 Å². The lowest BCUT2D eigenvalue weighted by Crippen LogP contribution is -2.16. The van der Waals surface area contributed by atoms with Crippen LogP contribution in [-0.2, 0) is 6.42 Å². The Morgan fingerprint density at radius 2 is 1.77 bits per heavy atom. The first-order chi connectivity index (χ1) is 10.5. The second-order valence-electron chi connectivity index (χ2n) is 5.92. The number of hydrogen-bond donors (Lipinski definition) is 1. The summed E-state index contributed by atoms with van der Waals surface area (Å²) < 4.78 is 18.9. The average molecular weight is 301 g/mol. The van der Waals surface area contributed by atoms with Crippen LogP contribution in [0.5, 0.6) is 5.75 Å². The molecule has 0 aromatic heterocycles. The van der Waals surface area contributed by atoms with Crippen molar-refractivity contribution >= 4 is 0 Å². The molecule has 0 aliphatic heterocycles. The number of halogens is 1. The van der Waals surface area contributed by atoms with E-state index in [0.717, 1.165) is 12.0 Å². The number of hydrogen-bond acceptors (Lipinski definition) is 2. The Bertz CT molecular complexity index is 607. The van der Waals surface area contributed by atoms with E-state index in [1.54, 1.807) is 13.2 Å². The predicted octanol–water partition coefficient (Wildman–Crippen LogP) is 4.24. The zero-order valence-corrected chi connectivity index (χ0v) is 13.5. The van der Waals surface area contributed by atoms with E-state index in [0.29, 0.717) is 18.2 Å². The Morgan fingerprint density at radius 1 is 1.09 bits per heavy atom. The third-order valence-electron chi connectivity index (χ3n) is 4.04.